The van der Waals surface area contributed by atoms with Crippen LogP contribution in [0.3, 0.4) is 0 Å². The van der Waals surface area contributed by atoms with E-state index in [4.69, 9.17) is 0 Å². The SMILES string of the molecule is CCS(=O)(=O)NC(CCSC)C(=O)Nc1ccc(CN2CCC(C)CC2)cc1. The summed E-state index contributed by atoms with van der Waals surface area (Å²) >= 11 is 1.59. The first-order chi connectivity index (χ1) is 13.3. The molecule has 0 saturated carbocycles. The minimum atomic E-state index is -3.44. The van der Waals surface area contributed by atoms with Crippen molar-refractivity contribution in [3.05, 3.63) is 29.8 Å². The zero-order chi connectivity index (χ0) is 20.6. The molecular weight excluding hydrogens is 394 g/mol. The summed E-state index contributed by atoms with van der Waals surface area (Å²) in [6, 6.07) is 7.08. The van der Waals surface area contributed by atoms with E-state index in [9.17, 15) is 13.2 Å². The van der Waals surface area contributed by atoms with Gasteiger partial charge in [-0.1, -0.05) is 19.1 Å². The first-order valence-corrected chi connectivity index (χ1v) is 13.0. The molecule has 8 heteroatoms. The number of thioether (sulfide) groups is 1. The molecule has 0 spiro atoms. The van der Waals surface area contributed by atoms with Crippen molar-refractivity contribution in [1.82, 2.24) is 9.62 Å². The number of sulfonamides is 1. The van der Waals surface area contributed by atoms with Crippen LogP contribution in [0.25, 0.3) is 0 Å². The third kappa shape index (κ3) is 7.73. The van der Waals surface area contributed by atoms with Gasteiger partial charge in [-0.05, 0) is 74.9 Å². The van der Waals surface area contributed by atoms with Gasteiger partial charge in [-0.2, -0.15) is 11.8 Å². The second-order valence-electron chi connectivity index (χ2n) is 7.50. The molecule has 0 radical (unpaired) electrons. The predicted molar refractivity (Wildman–Crippen MR) is 118 cm³/mol. The standard InChI is InChI=1S/C20H33N3O3S2/c1-4-28(25,26)22-19(11-14-27-3)20(24)21-18-7-5-17(6-8-18)15-23-12-9-16(2)10-13-23/h5-8,16,19,22H,4,9-15H2,1-3H3,(H,21,24). The molecular formula is C20H33N3O3S2. The van der Waals surface area contributed by atoms with E-state index in [1.807, 2.05) is 30.5 Å². The normalized spacial score (nSPS) is 17.4. The van der Waals surface area contributed by atoms with E-state index >= 15 is 0 Å². The maximum absolute atomic E-state index is 12.6. The molecule has 1 amide bonds. The van der Waals surface area contributed by atoms with Crippen LogP contribution < -0.4 is 10.0 Å². The van der Waals surface area contributed by atoms with Gasteiger partial charge in [0.1, 0.15) is 6.04 Å². The summed E-state index contributed by atoms with van der Waals surface area (Å²) in [5.74, 6) is 1.17. The third-order valence-electron chi connectivity index (χ3n) is 5.13. The minimum absolute atomic E-state index is 0.0416. The van der Waals surface area contributed by atoms with Crippen molar-refractivity contribution in [1.29, 1.82) is 0 Å². The topological polar surface area (TPSA) is 78.5 Å². The highest BCUT2D eigenvalue weighted by atomic mass is 32.2. The van der Waals surface area contributed by atoms with Gasteiger partial charge in [0, 0.05) is 12.2 Å². The van der Waals surface area contributed by atoms with Crippen LogP contribution in [0.4, 0.5) is 5.69 Å². The molecule has 1 heterocycles. The number of anilines is 1. The zero-order valence-electron chi connectivity index (χ0n) is 17.1. The molecule has 0 aromatic heterocycles. The highest BCUT2D eigenvalue weighted by Gasteiger charge is 2.23. The minimum Gasteiger partial charge on any atom is -0.325 e. The Morgan fingerprint density at radius 1 is 1.25 bits per heavy atom. The number of carbonyl (C=O) groups excluding carboxylic acids is 1. The van der Waals surface area contributed by atoms with Crippen molar-refractivity contribution in [2.75, 3.05) is 36.2 Å². The van der Waals surface area contributed by atoms with Crippen molar-refractivity contribution in [2.45, 2.75) is 45.7 Å². The van der Waals surface area contributed by atoms with Crippen molar-refractivity contribution in [3.8, 4) is 0 Å². The summed E-state index contributed by atoms with van der Waals surface area (Å²) in [6.45, 7) is 7.06. The monoisotopic (exact) mass is 427 g/mol. The summed E-state index contributed by atoms with van der Waals surface area (Å²) in [5.41, 5.74) is 1.91. The molecule has 0 aliphatic carbocycles. The summed E-state index contributed by atoms with van der Waals surface area (Å²) in [7, 11) is -3.44. The van der Waals surface area contributed by atoms with Crippen molar-refractivity contribution in [3.63, 3.8) is 0 Å². The van der Waals surface area contributed by atoms with Gasteiger partial charge < -0.3 is 5.32 Å². The number of rotatable bonds is 10. The lowest BCUT2D eigenvalue weighted by molar-refractivity contribution is -0.117. The van der Waals surface area contributed by atoms with E-state index in [0.717, 1.165) is 25.6 Å². The molecule has 1 saturated heterocycles. The molecule has 1 fully saturated rings. The van der Waals surface area contributed by atoms with E-state index in [0.29, 0.717) is 17.9 Å². The quantitative estimate of drug-likeness (QED) is 0.600. The molecule has 1 unspecified atom stereocenters. The summed E-state index contributed by atoms with van der Waals surface area (Å²) in [6.07, 6.45) is 4.89. The fourth-order valence-corrected chi connectivity index (χ4v) is 4.48. The fourth-order valence-electron chi connectivity index (χ4n) is 3.18. The molecule has 1 aliphatic rings. The highest BCUT2D eigenvalue weighted by Crippen LogP contribution is 2.19. The molecule has 0 bridgehead atoms. The van der Waals surface area contributed by atoms with E-state index in [1.54, 1.807) is 18.7 Å². The van der Waals surface area contributed by atoms with Crippen molar-refractivity contribution >= 4 is 33.4 Å². The lowest BCUT2D eigenvalue weighted by atomic mass is 9.99. The van der Waals surface area contributed by atoms with Gasteiger partial charge in [0.2, 0.25) is 15.9 Å². The lowest BCUT2D eigenvalue weighted by Crippen LogP contribution is -2.44. The van der Waals surface area contributed by atoms with E-state index in [1.165, 1.54) is 18.4 Å². The molecule has 1 atom stereocenters. The number of amides is 1. The van der Waals surface area contributed by atoms with Crippen LogP contribution in [-0.4, -0.2) is 56.1 Å². The van der Waals surface area contributed by atoms with Gasteiger partial charge in [-0.25, -0.2) is 13.1 Å². The first kappa shape index (κ1) is 23.2. The Balaban J connectivity index is 1.93. The van der Waals surface area contributed by atoms with Crippen molar-refractivity contribution in [2.24, 2.45) is 5.92 Å². The van der Waals surface area contributed by atoms with E-state index < -0.39 is 16.1 Å². The first-order valence-electron chi connectivity index (χ1n) is 9.94. The Labute approximate surface area is 173 Å². The smallest absolute Gasteiger partial charge is 0.242 e. The second-order valence-corrected chi connectivity index (χ2v) is 10.5. The average Bonchev–Trinajstić information content (AvgIpc) is 2.68. The fraction of sp³-hybridized carbons (Fsp3) is 0.650. The number of piperidine rings is 1. The second kappa shape index (κ2) is 11.2. The van der Waals surface area contributed by atoms with Gasteiger partial charge >= 0.3 is 0 Å². The van der Waals surface area contributed by atoms with Crippen LogP contribution in [0, 0.1) is 5.92 Å². The third-order valence-corrected chi connectivity index (χ3v) is 7.18. The van der Waals surface area contributed by atoms with Crippen LogP contribution >= 0.6 is 11.8 Å². The number of hydrogen-bond acceptors (Lipinski definition) is 5. The number of nitrogens with one attached hydrogen (secondary N) is 2. The maximum atomic E-state index is 12.6. The summed E-state index contributed by atoms with van der Waals surface area (Å²) < 4.78 is 26.3. The Hall–Kier alpha value is -1.09. The van der Waals surface area contributed by atoms with Crippen LogP contribution in [0.1, 0.15) is 38.7 Å². The molecule has 28 heavy (non-hydrogen) atoms. The number of nitrogens with zero attached hydrogens (tertiary/aromatic N) is 1. The molecule has 1 aromatic carbocycles. The Kier molecular flexibility index (Phi) is 9.27. The van der Waals surface area contributed by atoms with Gasteiger partial charge in [0.05, 0.1) is 5.75 Å². The number of benzene rings is 1. The van der Waals surface area contributed by atoms with E-state index in [2.05, 4.69) is 21.9 Å². The molecule has 2 N–H and O–H groups in total. The number of hydrogen-bond donors (Lipinski definition) is 2. The maximum Gasteiger partial charge on any atom is 0.242 e. The molecule has 6 nitrogen and oxygen atoms in total. The summed E-state index contributed by atoms with van der Waals surface area (Å²) in [4.78, 5) is 15.1. The van der Waals surface area contributed by atoms with Gasteiger partial charge in [-0.15, -0.1) is 0 Å². The molecule has 1 aliphatic heterocycles. The number of carbonyl (C=O) groups is 1. The van der Waals surface area contributed by atoms with Crippen molar-refractivity contribution < 1.29 is 13.2 Å². The van der Waals surface area contributed by atoms with Crippen LogP contribution in [0.15, 0.2) is 24.3 Å². The molecule has 1 aromatic rings. The molecule has 158 valence electrons. The highest BCUT2D eigenvalue weighted by molar-refractivity contribution is 7.98. The van der Waals surface area contributed by atoms with Gasteiger partial charge in [-0.3, -0.25) is 9.69 Å². The zero-order valence-corrected chi connectivity index (χ0v) is 18.7. The van der Waals surface area contributed by atoms with E-state index in [-0.39, 0.29) is 11.7 Å². The predicted octanol–water partition coefficient (Wildman–Crippen LogP) is 2.92. The van der Waals surface area contributed by atoms with Crippen LogP contribution in [0.5, 0.6) is 0 Å². The summed E-state index contributed by atoms with van der Waals surface area (Å²) in [5, 5.41) is 2.85. The lowest BCUT2D eigenvalue weighted by Gasteiger charge is -2.30. The average molecular weight is 428 g/mol. The van der Waals surface area contributed by atoms with Gasteiger partial charge in [0.25, 0.3) is 0 Å². The Morgan fingerprint density at radius 2 is 1.89 bits per heavy atom. The van der Waals surface area contributed by atoms with Crippen LogP contribution in [-0.2, 0) is 21.4 Å². The number of likely N-dealkylation sites (tertiary alicyclic amines) is 1. The largest absolute Gasteiger partial charge is 0.325 e. The molecule has 2 rings (SSSR count). The van der Waals surface area contributed by atoms with Gasteiger partial charge in [0.15, 0.2) is 0 Å². The Bertz CT molecular complexity index is 715. The van der Waals surface area contributed by atoms with Crippen LogP contribution in [0.2, 0.25) is 0 Å². The Morgan fingerprint density at radius 3 is 2.46 bits per heavy atom.